The highest BCUT2D eigenvalue weighted by Gasteiger charge is 2.16. The number of aryl methyl sites for hydroxylation is 1. The number of β-amino-alcohol motifs (C(OH)–C–C–N with tert-alkyl or cyclic N) is 1. The van der Waals surface area contributed by atoms with E-state index in [0.717, 1.165) is 17.7 Å². The summed E-state index contributed by atoms with van der Waals surface area (Å²) in [5.41, 5.74) is 1.99. The Morgan fingerprint density at radius 1 is 1.69 bits per heavy atom. The molecule has 70 valence electrons. The lowest BCUT2D eigenvalue weighted by atomic mass is 10.0. The van der Waals surface area contributed by atoms with Crippen LogP contribution < -0.4 is 5.32 Å². The topological polar surface area (TPSA) is 50.1 Å². The molecule has 1 aliphatic heterocycles. The summed E-state index contributed by atoms with van der Waals surface area (Å²) in [6.07, 6.45) is 5.30. The van der Waals surface area contributed by atoms with E-state index in [-0.39, 0.29) is 0 Å². The molecule has 1 aromatic heterocycles. The lowest BCUT2D eigenvalue weighted by Gasteiger charge is -2.19. The van der Waals surface area contributed by atoms with E-state index in [4.69, 9.17) is 0 Å². The third-order valence-corrected chi connectivity index (χ3v) is 2.20. The first-order valence-electron chi connectivity index (χ1n) is 4.35. The van der Waals surface area contributed by atoms with E-state index in [9.17, 15) is 5.11 Å². The van der Waals surface area contributed by atoms with Gasteiger partial charge in [-0.2, -0.15) is 5.10 Å². The van der Waals surface area contributed by atoms with E-state index in [0.29, 0.717) is 6.54 Å². The van der Waals surface area contributed by atoms with Crippen molar-refractivity contribution in [2.75, 3.05) is 13.1 Å². The number of aliphatic hydroxyl groups excluding tert-OH is 1. The molecule has 2 rings (SSSR count). The Balaban J connectivity index is 2.29. The second-order valence-corrected chi connectivity index (χ2v) is 3.24. The Morgan fingerprint density at radius 3 is 3.15 bits per heavy atom. The van der Waals surface area contributed by atoms with E-state index >= 15 is 0 Å². The maximum Gasteiger partial charge on any atom is 0.0918 e. The van der Waals surface area contributed by atoms with Crippen LogP contribution in [0.2, 0.25) is 0 Å². The molecule has 0 aromatic carbocycles. The highest BCUT2D eigenvalue weighted by atomic mass is 16.3. The normalized spacial score (nSPS) is 22.9. The molecule has 0 bridgehead atoms. The quantitative estimate of drug-likeness (QED) is 0.626. The molecular formula is C9H13N3O. The minimum Gasteiger partial charge on any atom is -0.387 e. The molecule has 1 unspecified atom stereocenters. The summed E-state index contributed by atoms with van der Waals surface area (Å²) in [6.45, 7) is 1.45. The minimum absolute atomic E-state index is 0.405. The van der Waals surface area contributed by atoms with E-state index in [1.807, 2.05) is 19.3 Å². The Labute approximate surface area is 76.9 Å². The van der Waals surface area contributed by atoms with Crippen LogP contribution in [0.4, 0.5) is 0 Å². The summed E-state index contributed by atoms with van der Waals surface area (Å²) >= 11 is 0. The van der Waals surface area contributed by atoms with Crippen LogP contribution in [0.3, 0.4) is 0 Å². The largest absolute Gasteiger partial charge is 0.387 e. The first-order chi connectivity index (χ1) is 6.27. The van der Waals surface area contributed by atoms with Crippen LogP contribution in [-0.4, -0.2) is 34.1 Å². The zero-order chi connectivity index (χ0) is 9.26. The average Bonchev–Trinajstić information content (AvgIpc) is 2.53. The summed E-state index contributed by atoms with van der Waals surface area (Å²) in [5.74, 6) is 0. The molecule has 0 amide bonds. The number of nitrogens with zero attached hydrogens (tertiary/aromatic N) is 2. The number of hydrogen-bond donors (Lipinski definition) is 2. The van der Waals surface area contributed by atoms with E-state index < -0.39 is 6.10 Å². The van der Waals surface area contributed by atoms with E-state index in [2.05, 4.69) is 10.4 Å². The highest BCUT2D eigenvalue weighted by molar-refractivity contribution is 5.68. The van der Waals surface area contributed by atoms with Gasteiger partial charge in [-0.3, -0.25) is 4.68 Å². The molecule has 0 saturated heterocycles. The van der Waals surface area contributed by atoms with Gasteiger partial charge in [0.2, 0.25) is 0 Å². The SMILES string of the molecule is Cn1cc(C2=CCNCC2O)cn1. The monoisotopic (exact) mass is 179 g/mol. The van der Waals surface area contributed by atoms with Gasteiger partial charge in [-0.1, -0.05) is 6.08 Å². The summed E-state index contributed by atoms with van der Waals surface area (Å²) in [5, 5.41) is 16.8. The molecule has 0 fully saturated rings. The number of rotatable bonds is 1. The van der Waals surface area contributed by atoms with Gasteiger partial charge in [0.05, 0.1) is 12.3 Å². The fourth-order valence-electron chi connectivity index (χ4n) is 1.53. The van der Waals surface area contributed by atoms with Gasteiger partial charge in [0.25, 0.3) is 0 Å². The minimum atomic E-state index is -0.405. The Bertz CT molecular complexity index is 329. The Kier molecular flexibility index (Phi) is 2.16. The Hall–Kier alpha value is -1.13. The number of aliphatic hydroxyl groups is 1. The first-order valence-corrected chi connectivity index (χ1v) is 4.35. The van der Waals surface area contributed by atoms with E-state index in [1.54, 1.807) is 10.9 Å². The molecule has 13 heavy (non-hydrogen) atoms. The van der Waals surface area contributed by atoms with Gasteiger partial charge >= 0.3 is 0 Å². The van der Waals surface area contributed by atoms with Crippen LogP contribution >= 0.6 is 0 Å². The summed E-state index contributed by atoms with van der Waals surface area (Å²) in [6, 6.07) is 0. The third kappa shape index (κ3) is 1.64. The zero-order valence-electron chi connectivity index (χ0n) is 7.57. The predicted octanol–water partition coefficient (Wildman–Crippen LogP) is -0.232. The maximum atomic E-state index is 9.66. The second kappa shape index (κ2) is 3.32. The Morgan fingerprint density at radius 2 is 2.54 bits per heavy atom. The lowest BCUT2D eigenvalue weighted by molar-refractivity contribution is 0.225. The maximum absolute atomic E-state index is 9.66. The molecule has 0 saturated carbocycles. The molecule has 1 atom stereocenters. The van der Waals surface area contributed by atoms with Crippen LogP contribution in [0, 0.1) is 0 Å². The first kappa shape index (κ1) is 8.47. The van der Waals surface area contributed by atoms with Crippen molar-refractivity contribution in [1.29, 1.82) is 0 Å². The van der Waals surface area contributed by atoms with Crippen LogP contribution in [0.25, 0.3) is 5.57 Å². The molecule has 1 aromatic rings. The molecule has 1 aliphatic rings. The predicted molar refractivity (Wildman–Crippen MR) is 50.1 cm³/mol. The van der Waals surface area contributed by atoms with Crippen molar-refractivity contribution < 1.29 is 5.11 Å². The summed E-state index contributed by atoms with van der Waals surface area (Å²) < 4.78 is 1.74. The van der Waals surface area contributed by atoms with Crippen molar-refractivity contribution in [3.05, 3.63) is 24.0 Å². The number of aromatic nitrogens is 2. The van der Waals surface area contributed by atoms with Gasteiger partial charge in [-0.05, 0) is 5.57 Å². The number of nitrogens with one attached hydrogen (secondary N) is 1. The summed E-state index contributed by atoms with van der Waals surface area (Å²) in [7, 11) is 1.87. The lowest BCUT2D eigenvalue weighted by Crippen LogP contribution is -2.32. The van der Waals surface area contributed by atoms with Crippen molar-refractivity contribution in [3.63, 3.8) is 0 Å². The fourth-order valence-corrected chi connectivity index (χ4v) is 1.53. The van der Waals surface area contributed by atoms with E-state index in [1.165, 1.54) is 0 Å². The van der Waals surface area contributed by atoms with Gasteiger partial charge in [0.1, 0.15) is 0 Å². The van der Waals surface area contributed by atoms with Crippen molar-refractivity contribution in [1.82, 2.24) is 15.1 Å². The van der Waals surface area contributed by atoms with Gasteiger partial charge in [0, 0.05) is 31.9 Å². The smallest absolute Gasteiger partial charge is 0.0918 e. The molecule has 4 nitrogen and oxygen atoms in total. The molecule has 0 spiro atoms. The van der Waals surface area contributed by atoms with Crippen LogP contribution in [0.1, 0.15) is 5.56 Å². The zero-order valence-corrected chi connectivity index (χ0v) is 7.57. The molecule has 0 aliphatic carbocycles. The van der Waals surface area contributed by atoms with Crippen molar-refractivity contribution >= 4 is 5.57 Å². The molecular weight excluding hydrogens is 166 g/mol. The average molecular weight is 179 g/mol. The van der Waals surface area contributed by atoms with Crippen LogP contribution in [-0.2, 0) is 7.05 Å². The van der Waals surface area contributed by atoms with Gasteiger partial charge in [-0.25, -0.2) is 0 Å². The highest BCUT2D eigenvalue weighted by Crippen LogP contribution is 2.18. The van der Waals surface area contributed by atoms with Gasteiger partial charge in [-0.15, -0.1) is 0 Å². The number of hydrogen-bond acceptors (Lipinski definition) is 3. The standard InChI is InChI=1S/C9H13N3O/c1-12-6-7(4-11-12)8-2-3-10-5-9(8)13/h2,4,6,9-10,13H,3,5H2,1H3. The molecule has 0 radical (unpaired) electrons. The molecule has 2 heterocycles. The second-order valence-electron chi connectivity index (χ2n) is 3.24. The van der Waals surface area contributed by atoms with Gasteiger partial charge in [0.15, 0.2) is 0 Å². The van der Waals surface area contributed by atoms with Gasteiger partial charge < -0.3 is 10.4 Å². The van der Waals surface area contributed by atoms with Crippen molar-refractivity contribution in [2.24, 2.45) is 7.05 Å². The fraction of sp³-hybridized carbons (Fsp3) is 0.444. The van der Waals surface area contributed by atoms with Crippen LogP contribution in [0.15, 0.2) is 18.5 Å². The molecule has 4 heteroatoms. The third-order valence-electron chi connectivity index (χ3n) is 2.20. The molecule has 2 N–H and O–H groups in total. The van der Waals surface area contributed by atoms with Crippen molar-refractivity contribution in [2.45, 2.75) is 6.10 Å². The van der Waals surface area contributed by atoms with Crippen molar-refractivity contribution in [3.8, 4) is 0 Å². The summed E-state index contributed by atoms with van der Waals surface area (Å²) in [4.78, 5) is 0. The van der Waals surface area contributed by atoms with Crippen LogP contribution in [0.5, 0.6) is 0 Å².